The van der Waals surface area contributed by atoms with Gasteiger partial charge in [-0.3, -0.25) is 9.59 Å². The highest BCUT2D eigenvalue weighted by atomic mass is 79.9. The molecule has 322 valence electrons. The third-order valence-corrected chi connectivity index (χ3v) is 12.8. The first-order chi connectivity index (χ1) is 28.8. The van der Waals surface area contributed by atoms with E-state index in [-0.39, 0.29) is 43.3 Å². The van der Waals surface area contributed by atoms with E-state index in [2.05, 4.69) is 52.3 Å². The van der Waals surface area contributed by atoms with Crippen LogP contribution in [0.5, 0.6) is 0 Å². The van der Waals surface area contributed by atoms with Gasteiger partial charge in [-0.25, -0.2) is 0 Å². The van der Waals surface area contributed by atoms with E-state index in [4.69, 9.17) is 0 Å². The van der Waals surface area contributed by atoms with Crippen LogP contribution in [0.4, 0.5) is 37.7 Å². The fourth-order valence-corrected chi connectivity index (χ4v) is 8.97. The quantitative estimate of drug-likeness (QED) is 0.136. The van der Waals surface area contributed by atoms with Crippen molar-refractivity contribution in [1.29, 1.82) is 0 Å². The Morgan fingerprint density at radius 2 is 0.919 bits per heavy atom. The van der Waals surface area contributed by atoms with Crippen molar-refractivity contribution in [2.45, 2.75) is 67.7 Å². The van der Waals surface area contributed by atoms with Crippen LogP contribution in [0, 0.1) is 10.8 Å². The van der Waals surface area contributed by atoms with Gasteiger partial charge >= 0.3 is 12.4 Å². The van der Waals surface area contributed by atoms with Crippen molar-refractivity contribution in [3.63, 3.8) is 0 Å². The largest absolute Gasteiger partial charge is 0.417 e. The highest BCUT2D eigenvalue weighted by Gasteiger charge is 2.40. The summed E-state index contributed by atoms with van der Waals surface area (Å²) in [7, 11) is 0. The molecule has 2 aromatic carbocycles. The first-order valence-electron chi connectivity index (χ1n) is 18.9. The second-order valence-corrected chi connectivity index (χ2v) is 20.2. The summed E-state index contributed by atoms with van der Waals surface area (Å²) in [5, 5.41) is 20.8. The van der Waals surface area contributed by atoms with Crippen LogP contribution < -0.4 is 0 Å². The van der Waals surface area contributed by atoms with Gasteiger partial charge in [-0.15, -0.1) is 43.1 Å². The summed E-state index contributed by atoms with van der Waals surface area (Å²) < 4.78 is 89.7. The summed E-state index contributed by atoms with van der Waals surface area (Å²) in [4.78, 5) is 27.4. The van der Waals surface area contributed by atoms with Gasteiger partial charge in [-0.2, -0.15) is 26.3 Å². The Kier molecular flexibility index (Phi) is 13.2. The second kappa shape index (κ2) is 17.5. The molecule has 0 spiro atoms. The van der Waals surface area contributed by atoms with Gasteiger partial charge in [0.1, 0.15) is 22.8 Å². The number of allylic oxidation sites excluding steroid dienone is 10. The number of rotatable bonds is 7. The Hall–Kier alpha value is -4.64. The normalized spacial score (nSPS) is 17.4. The minimum atomic E-state index is -5.13. The molecule has 0 N–H and O–H groups in total. The van der Waals surface area contributed by atoms with Crippen LogP contribution in [0.1, 0.15) is 76.3 Å². The first kappa shape index (κ1) is 46.9. The van der Waals surface area contributed by atoms with Crippen molar-refractivity contribution in [3.8, 4) is 11.1 Å². The summed E-state index contributed by atoms with van der Waals surface area (Å²) >= 11 is 9.14. The minimum absolute atomic E-state index is 0.0616. The van der Waals surface area contributed by atoms with Crippen LogP contribution >= 0.6 is 54.5 Å². The molecule has 6 rings (SSSR count). The predicted octanol–water partition coefficient (Wildman–Crippen LogP) is 17.0. The molecule has 2 aromatic heterocycles. The van der Waals surface area contributed by atoms with E-state index in [0.29, 0.717) is 55.3 Å². The summed E-state index contributed by atoms with van der Waals surface area (Å²) in [6, 6.07) is 10.2. The molecule has 0 atom stereocenters. The molecule has 4 aromatic rings. The molecule has 2 heterocycles. The molecule has 0 radical (unpaired) electrons. The lowest BCUT2D eigenvalue weighted by Crippen LogP contribution is -2.21. The van der Waals surface area contributed by atoms with E-state index in [1.807, 2.05) is 41.5 Å². The zero-order valence-electron chi connectivity index (χ0n) is 34.5. The van der Waals surface area contributed by atoms with Crippen molar-refractivity contribution in [1.82, 2.24) is 0 Å². The van der Waals surface area contributed by atoms with Crippen LogP contribution in [-0.4, -0.2) is 11.6 Å². The molecule has 0 amide bonds. The van der Waals surface area contributed by atoms with Gasteiger partial charge in [0.25, 0.3) is 0 Å². The topological polar surface area (TPSA) is 83.6 Å². The number of alkyl halides is 6. The van der Waals surface area contributed by atoms with Crippen LogP contribution in [0.25, 0.3) is 22.5 Å². The predicted molar refractivity (Wildman–Crippen MR) is 241 cm³/mol. The Morgan fingerprint density at radius 1 is 0.565 bits per heavy atom. The van der Waals surface area contributed by atoms with Gasteiger partial charge in [-0.05, 0) is 150 Å². The van der Waals surface area contributed by atoms with Crippen molar-refractivity contribution in [3.05, 3.63) is 147 Å². The lowest BCUT2D eigenvalue weighted by Gasteiger charge is -2.25. The van der Waals surface area contributed by atoms with Crippen LogP contribution in [-0.2, 0) is 21.9 Å². The Balaban J connectivity index is 1.49. The highest BCUT2D eigenvalue weighted by molar-refractivity contribution is 9.11. The molecule has 2 aliphatic rings. The SMILES string of the molecule is CC1=C/C(=C(\N=Nc2cc(C(F)(F)F)c(-c3cc(Br)c(N=N/C(=C4\C=C(C)C(=O)C(C(C)(C)C)=C4)c4cccs4)cc3C(F)(F)F)cc2Br)c2cccs2)C=C(C(C)(C)C)C1=O. The van der Waals surface area contributed by atoms with Crippen LogP contribution in [0.2, 0.25) is 0 Å². The number of halogens is 8. The summed E-state index contributed by atoms with van der Waals surface area (Å²) in [6.45, 7) is 14.7. The molecular weight excluding hydrogens is 978 g/mol. The highest BCUT2D eigenvalue weighted by Crippen LogP contribution is 2.49. The molecule has 0 fully saturated rings. The minimum Gasteiger partial charge on any atom is -0.289 e. The summed E-state index contributed by atoms with van der Waals surface area (Å²) in [5.74, 6) is -0.285. The number of carbonyl (C=O) groups is 2. The zero-order chi connectivity index (χ0) is 45.7. The van der Waals surface area contributed by atoms with Crippen molar-refractivity contribution >= 4 is 88.9 Å². The average Bonchev–Trinajstić information content (AvgIpc) is 3.89. The van der Waals surface area contributed by atoms with Crippen molar-refractivity contribution in [2.24, 2.45) is 31.3 Å². The number of carbonyl (C=O) groups excluding carboxylic acids is 2. The maximum absolute atomic E-state index is 15.0. The van der Waals surface area contributed by atoms with Gasteiger partial charge in [0, 0.05) is 31.2 Å². The lowest BCUT2D eigenvalue weighted by atomic mass is 9.78. The monoisotopic (exact) mass is 1010 g/mol. The van der Waals surface area contributed by atoms with Crippen LogP contribution in [0.3, 0.4) is 0 Å². The molecule has 6 nitrogen and oxygen atoms in total. The van der Waals surface area contributed by atoms with Gasteiger partial charge in [0.2, 0.25) is 0 Å². The van der Waals surface area contributed by atoms with E-state index in [9.17, 15) is 35.9 Å². The number of azo groups is 2. The van der Waals surface area contributed by atoms with E-state index in [1.165, 1.54) is 22.7 Å². The fourth-order valence-electron chi connectivity index (χ4n) is 6.66. The number of benzene rings is 2. The van der Waals surface area contributed by atoms with Gasteiger partial charge in [-0.1, -0.05) is 53.7 Å². The van der Waals surface area contributed by atoms with E-state index >= 15 is 0 Å². The number of thiophene rings is 2. The average molecular weight is 1020 g/mol. The molecule has 62 heavy (non-hydrogen) atoms. The number of ketones is 2. The van der Waals surface area contributed by atoms with E-state index < -0.39 is 45.4 Å². The summed E-state index contributed by atoms with van der Waals surface area (Å²) in [5.41, 5.74) is -2.44. The van der Waals surface area contributed by atoms with Crippen molar-refractivity contribution in [2.75, 3.05) is 0 Å². The molecule has 0 aliphatic heterocycles. The Labute approximate surface area is 379 Å². The second-order valence-electron chi connectivity index (χ2n) is 16.6. The number of nitrogens with zero attached hydrogens (tertiary/aromatic N) is 4. The maximum atomic E-state index is 15.0. The van der Waals surface area contributed by atoms with Crippen LogP contribution in [0.15, 0.2) is 146 Å². The third kappa shape index (κ3) is 10.1. The number of hydrogen-bond acceptors (Lipinski definition) is 8. The molecule has 16 heteroatoms. The zero-order valence-corrected chi connectivity index (χ0v) is 39.3. The molecule has 0 saturated heterocycles. The lowest BCUT2D eigenvalue weighted by molar-refractivity contribution is -0.139. The standard InChI is InChI=1S/C46H38Br2F6N4O2S2/c1-23-15-25(17-31(41(23)59)43(3,4)5)39(37-11-9-13-61-37)57-55-35-21-29(45(49,50)51)27(19-33(35)47)28-20-34(48)36(22-30(28)46(52,53)54)56-58-40(38-12-10-14-62-38)26-16-24(2)42(60)32(18-26)44(6,7)8/h9-22H,1-8H3/b39-25+,40-26+,57-55?,58-56?. The number of Topliss-reactive ketones (excluding diaryl/α,β-unsaturated/α-hetero) is 2. The smallest absolute Gasteiger partial charge is 0.289 e. The van der Waals surface area contributed by atoms with E-state index in [1.54, 1.807) is 73.2 Å². The number of hydrogen-bond donors (Lipinski definition) is 0. The van der Waals surface area contributed by atoms with Gasteiger partial charge in [0.15, 0.2) is 11.6 Å². The molecule has 0 saturated carbocycles. The molecule has 2 aliphatic carbocycles. The van der Waals surface area contributed by atoms with Crippen molar-refractivity contribution < 1.29 is 35.9 Å². The first-order valence-corrected chi connectivity index (χ1v) is 22.2. The van der Waals surface area contributed by atoms with Gasteiger partial charge in [0.05, 0.1) is 20.9 Å². The molecule has 0 bridgehead atoms. The third-order valence-electron chi connectivity index (χ3n) is 9.81. The summed E-state index contributed by atoms with van der Waals surface area (Å²) in [6.07, 6.45) is -3.60. The van der Waals surface area contributed by atoms with Gasteiger partial charge < -0.3 is 0 Å². The van der Waals surface area contributed by atoms with E-state index in [0.717, 1.165) is 12.1 Å². The maximum Gasteiger partial charge on any atom is 0.417 e. The Bertz CT molecular complexity index is 2550. The Morgan fingerprint density at radius 3 is 1.21 bits per heavy atom. The fraction of sp³-hybridized carbons (Fsp3) is 0.261. The molecule has 0 unspecified atom stereocenters. The molecular formula is C46H38Br2F6N4O2S2.